The Balaban J connectivity index is 3.02. The van der Waals surface area contributed by atoms with Crippen LogP contribution in [-0.2, 0) is 11.2 Å². The van der Waals surface area contributed by atoms with Gasteiger partial charge in [-0.2, -0.15) is 8.78 Å². The maximum Gasteiger partial charge on any atom is 0.387 e. The van der Waals surface area contributed by atoms with Crippen LogP contribution in [0, 0.1) is 0 Å². The Kier molecular flexibility index (Phi) is 3.49. The molecule has 0 aliphatic rings. The fraction of sp³-hybridized carbons (Fsp3) is 0.222. The molecule has 7 heteroatoms. The monoisotopic (exact) mass is 232 g/mol. The van der Waals surface area contributed by atoms with Crippen molar-refractivity contribution in [1.29, 1.82) is 0 Å². The highest BCUT2D eigenvalue weighted by molar-refractivity contribution is 5.77. The van der Waals surface area contributed by atoms with Crippen LogP contribution in [0.5, 0.6) is 5.75 Å². The van der Waals surface area contributed by atoms with Crippen LogP contribution in [-0.4, -0.2) is 17.7 Å². The quantitative estimate of drug-likeness (QED) is 0.674. The van der Waals surface area contributed by atoms with E-state index in [1.54, 1.807) is 0 Å². The molecule has 1 aromatic rings. The number of nitrogens with two attached hydrogens (primary N) is 2. The van der Waals surface area contributed by atoms with E-state index in [9.17, 15) is 13.6 Å². The minimum Gasteiger partial charge on any atom is -0.481 e. The van der Waals surface area contributed by atoms with Crippen molar-refractivity contribution in [2.24, 2.45) is 0 Å². The van der Waals surface area contributed by atoms with Crippen molar-refractivity contribution in [3.63, 3.8) is 0 Å². The maximum atomic E-state index is 11.9. The lowest BCUT2D eigenvalue weighted by Gasteiger charge is -2.11. The van der Waals surface area contributed by atoms with Crippen molar-refractivity contribution in [3.8, 4) is 5.75 Å². The third kappa shape index (κ3) is 2.97. The lowest BCUT2D eigenvalue weighted by molar-refractivity contribution is -0.136. The average Bonchev–Trinajstić information content (AvgIpc) is 2.10. The van der Waals surface area contributed by atoms with Crippen LogP contribution in [0.4, 0.5) is 20.2 Å². The summed E-state index contributed by atoms with van der Waals surface area (Å²) in [6.45, 7) is -2.98. The normalized spacial score (nSPS) is 10.4. The smallest absolute Gasteiger partial charge is 0.387 e. The molecular weight excluding hydrogens is 222 g/mol. The summed E-state index contributed by atoms with van der Waals surface area (Å²) in [5.41, 5.74) is 11.2. The Morgan fingerprint density at radius 2 is 1.88 bits per heavy atom. The van der Waals surface area contributed by atoms with Gasteiger partial charge >= 0.3 is 12.6 Å². The number of aliphatic carboxylic acids is 1. The molecule has 0 amide bonds. The summed E-state index contributed by atoms with van der Waals surface area (Å²) in [6.07, 6.45) is -0.368. The maximum absolute atomic E-state index is 11.9. The highest BCUT2D eigenvalue weighted by Gasteiger charge is 2.12. The van der Waals surface area contributed by atoms with Gasteiger partial charge in [-0.05, 0) is 0 Å². The molecule has 5 nitrogen and oxygen atoms in total. The largest absolute Gasteiger partial charge is 0.481 e. The summed E-state index contributed by atoms with van der Waals surface area (Å²) in [5.74, 6) is -1.31. The van der Waals surface area contributed by atoms with E-state index in [1.165, 1.54) is 0 Å². The number of anilines is 2. The number of nitrogen functional groups attached to an aromatic ring is 2. The fourth-order valence-electron chi connectivity index (χ4n) is 1.22. The first-order chi connectivity index (χ1) is 7.40. The molecule has 5 N–H and O–H groups in total. The van der Waals surface area contributed by atoms with E-state index in [2.05, 4.69) is 4.74 Å². The highest BCUT2D eigenvalue weighted by Crippen LogP contribution is 2.28. The van der Waals surface area contributed by atoms with Gasteiger partial charge in [0.15, 0.2) is 0 Å². The Hall–Kier alpha value is -2.05. The molecule has 88 valence electrons. The highest BCUT2D eigenvalue weighted by atomic mass is 19.3. The number of benzene rings is 1. The van der Waals surface area contributed by atoms with Gasteiger partial charge in [-0.3, -0.25) is 4.79 Å². The van der Waals surface area contributed by atoms with E-state index in [1.807, 2.05) is 0 Å². The molecule has 16 heavy (non-hydrogen) atoms. The first-order valence-electron chi connectivity index (χ1n) is 4.24. The van der Waals surface area contributed by atoms with Gasteiger partial charge in [0, 0.05) is 29.1 Å². The zero-order chi connectivity index (χ0) is 12.3. The third-order valence-electron chi connectivity index (χ3n) is 1.85. The second-order valence-electron chi connectivity index (χ2n) is 3.03. The topological polar surface area (TPSA) is 98.6 Å². The fourth-order valence-corrected chi connectivity index (χ4v) is 1.22. The Labute approximate surface area is 89.6 Å². The standard InChI is InChI=1S/C9H10F2N2O3/c10-9(11)16-4-1-6(12)5(3-8(14)15)7(13)2-4/h1-2,9H,3,12-13H2,(H,14,15). The van der Waals surface area contributed by atoms with Gasteiger partial charge in [-0.15, -0.1) is 0 Å². The summed E-state index contributed by atoms with van der Waals surface area (Å²) in [4.78, 5) is 10.5. The number of carboxylic acid groups (broad SMARTS) is 1. The van der Waals surface area contributed by atoms with Crippen LogP contribution in [0.2, 0.25) is 0 Å². The Morgan fingerprint density at radius 3 is 2.25 bits per heavy atom. The lowest BCUT2D eigenvalue weighted by atomic mass is 10.1. The first-order valence-corrected chi connectivity index (χ1v) is 4.24. The van der Waals surface area contributed by atoms with E-state index in [4.69, 9.17) is 16.6 Å². The van der Waals surface area contributed by atoms with E-state index in [0.717, 1.165) is 12.1 Å². The number of rotatable bonds is 4. The van der Waals surface area contributed by atoms with Crippen molar-refractivity contribution in [3.05, 3.63) is 17.7 Å². The summed E-state index contributed by atoms with van der Waals surface area (Å²) in [6, 6.07) is 2.22. The predicted octanol–water partition coefficient (Wildman–Crippen LogP) is 1.08. The predicted molar refractivity (Wildman–Crippen MR) is 53.2 cm³/mol. The molecule has 0 spiro atoms. The van der Waals surface area contributed by atoms with Crippen LogP contribution >= 0.6 is 0 Å². The second-order valence-corrected chi connectivity index (χ2v) is 3.03. The van der Waals surface area contributed by atoms with Crippen LogP contribution in [0.3, 0.4) is 0 Å². The zero-order valence-corrected chi connectivity index (χ0v) is 8.11. The molecule has 0 saturated carbocycles. The van der Waals surface area contributed by atoms with E-state index < -0.39 is 12.6 Å². The van der Waals surface area contributed by atoms with E-state index in [0.29, 0.717) is 0 Å². The molecule has 0 saturated heterocycles. The van der Waals surface area contributed by atoms with E-state index >= 15 is 0 Å². The average molecular weight is 232 g/mol. The number of halogens is 2. The third-order valence-corrected chi connectivity index (χ3v) is 1.85. The van der Waals surface area contributed by atoms with Crippen molar-refractivity contribution in [1.82, 2.24) is 0 Å². The van der Waals surface area contributed by atoms with Crippen LogP contribution in [0.1, 0.15) is 5.56 Å². The van der Waals surface area contributed by atoms with Gasteiger partial charge in [0.2, 0.25) is 0 Å². The summed E-state index contributed by atoms with van der Waals surface area (Å²) >= 11 is 0. The summed E-state index contributed by atoms with van der Waals surface area (Å²) in [5, 5.41) is 8.57. The van der Waals surface area contributed by atoms with Gasteiger partial charge < -0.3 is 21.3 Å². The number of carbonyl (C=O) groups is 1. The number of hydrogen-bond donors (Lipinski definition) is 3. The second kappa shape index (κ2) is 4.65. The minimum absolute atomic E-state index is 0.0121. The zero-order valence-electron chi connectivity index (χ0n) is 8.11. The van der Waals surface area contributed by atoms with Gasteiger partial charge in [0.25, 0.3) is 0 Å². The number of hydrogen-bond acceptors (Lipinski definition) is 4. The van der Waals surface area contributed by atoms with E-state index in [-0.39, 0.29) is 29.1 Å². The molecule has 0 radical (unpaired) electrons. The Morgan fingerprint density at radius 1 is 1.38 bits per heavy atom. The summed E-state index contributed by atoms with van der Waals surface area (Å²) < 4.78 is 27.9. The van der Waals surface area contributed by atoms with Gasteiger partial charge in [0.1, 0.15) is 5.75 Å². The number of ether oxygens (including phenoxy) is 1. The van der Waals surface area contributed by atoms with Gasteiger partial charge in [-0.1, -0.05) is 0 Å². The van der Waals surface area contributed by atoms with Crippen LogP contribution in [0.15, 0.2) is 12.1 Å². The molecule has 0 unspecified atom stereocenters. The molecule has 0 aliphatic carbocycles. The molecule has 0 atom stereocenters. The van der Waals surface area contributed by atoms with Crippen molar-refractivity contribution < 1.29 is 23.4 Å². The molecule has 1 rings (SSSR count). The number of alkyl halides is 2. The molecule has 0 bridgehead atoms. The van der Waals surface area contributed by atoms with Crippen molar-refractivity contribution in [2.75, 3.05) is 11.5 Å². The number of carboxylic acids is 1. The minimum atomic E-state index is -2.98. The first kappa shape index (κ1) is 12.0. The van der Waals surface area contributed by atoms with Gasteiger partial charge in [0.05, 0.1) is 6.42 Å². The van der Waals surface area contributed by atoms with Crippen molar-refractivity contribution in [2.45, 2.75) is 13.0 Å². The molecule has 0 fully saturated rings. The van der Waals surface area contributed by atoms with Crippen LogP contribution < -0.4 is 16.2 Å². The summed E-state index contributed by atoms with van der Waals surface area (Å²) in [7, 11) is 0. The van der Waals surface area contributed by atoms with Crippen LogP contribution in [0.25, 0.3) is 0 Å². The molecule has 0 aromatic heterocycles. The van der Waals surface area contributed by atoms with Gasteiger partial charge in [-0.25, -0.2) is 0 Å². The van der Waals surface area contributed by atoms with Crippen molar-refractivity contribution >= 4 is 17.3 Å². The lowest BCUT2D eigenvalue weighted by Crippen LogP contribution is -2.09. The molecule has 0 heterocycles. The Bertz CT molecular complexity index is 387. The molecular formula is C9H10F2N2O3. The molecule has 0 aliphatic heterocycles. The molecule has 1 aromatic carbocycles. The SMILES string of the molecule is Nc1cc(OC(F)F)cc(N)c1CC(=O)O.